The third-order valence-electron chi connectivity index (χ3n) is 2.93. The molecule has 5 nitrogen and oxygen atoms in total. The number of fused-ring (bicyclic) bond motifs is 1. The van der Waals surface area contributed by atoms with Crippen molar-refractivity contribution in [1.82, 2.24) is 15.2 Å². The lowest BCUT2D eigenvalue weighted by atomic mass is 10.1. The maximum absolute atomic E-state index is 6.12. The van der Waals surface area contributed by atoms with Gasteiger partial charge in [0.25, 0.3) is 0 Å². The van der Waals surface area contributed by atoms with Gasteiger partial charge in [-0.15, -0.1) is 11.3 Å². The minimum Gasteiger partial charge on any atom is -0.395 e. The number of nitrogens with two attached hydrogens (primary N) is 1. The molecule has 4 N–H and O–H groups in total. The number of nitrogens with zero attached hydrogens (tertiary/aromatic N) is 2. The van der Waals surface area contributed by atoms with E-state index in [1.165, 1.54) is 0 Å². The van der Waals surface area contributed by atoms with Gasteiger partial charge in [0.05, 0.1) is 33.8 Å². The SMILES string of the molecule is CC(Nc1ccc2scnc2c1N)c1cn[nH]c1. The van der Waals surface area contributed by atoms with Crippen molar-refractivity contribution in [2.24, 2.45) is 0 Å². The first kappa shape index (κ1) is 11.0. The summed E-state index contributed by atoms with van der Waals surface area (Å²) >= 11 is 1.59. The van der Waals surface area contributed by atoms with E-state index in [2.05, 4.69) is 27.4 Å². The molecule has 0 aliphatic carbocycles. The highest BCUT2D eigenvalue weighted by Gasteiger charge is 2.11. The van der Waals surface area contributed by atoms with Gasteiger partial charge < -0.3 is 11.1 Å². The molecule has 0 spiro atoms. The lowest BCUT2D eigenvalue weighted by Crippen LogP contribution is -2.07. The molecule has 18 heavy (non-hydrogen) atoms. The number of hydrogen-bond donors (Lipinski definition) is 3. The molecule has 0 radical (unpaired) electrons. The number of nitrogen functional groups attached to an aromatic ring is 1. The molecule has 0 saturated heterocycles. The van der Waals surface area contributed by atoms with E-state index in [9.17, 15) is 0 Å². The number of rotatable bonds is 3. The van der Waals surface area contributed by atoms with Crippen LogP contribution in [-0.4, -0.2) is 15.2 Å². The van der Waals surface area contributed by atoms with Gasteiger partial charge >= 0.3 is 0 Å². The number of nitrogens with one attached hydrogen (secondary N) is 2. The van der Waals surface area contributed by atoms with E-state index >= 15 is 0 Å². The number of anilines is 2. The summed E-state index contributed by atoms with van der Waals surface area (Å²) in [6.07, 6.45) is 3.67. The molecule has 0 saturated carbocycles. The molecule has 0 bridgehead atoms. The Balaban J connectivity index is 1.93. The summed E-state index contributed by atoms with van der Waals surface area (Å²) in [4.78, 5) is 4.28. The maximum Gasteiger partial charge on any atom is 0.106 e. The van der Waals surface area contributed by atoms with Crippen LogP contribution >= 0.6 is 11.3 Å². The second-order valence-corrected chi connectivity index (χ2v) is 5.01. The Labute approximate surface area is 108 Å². The molecule has 0 aliphatic rings. The van der Waals surface area contributed by atoms with Gasteiger partial charge in [-0.25, -0.2) is 4.98 Å². The van der Waals surface area contributed by atoms with Crippen LogP contribution in [0.15, 0.2) is 30.0 Å². The van der Waals surface area contributed by atoms with Crippen LogP contribution in [0.25, 0.3) is 10.2 Å². The lowest BCUT2D eigenvalue weighted by molar-refractivity contribution is 0.887. The van der Waals surface area contributed by atoms with Gasteiger partial charge in [-0.3, -0.25) is 5.10 Å². The molecule has 92 valence electrons. The topological polar surface area (TPSA) is 79.6 Å². The van der Waals surface area contributed by atoms with Crippen molar-refractivity contribution >= 4 is 32.9 Å². The Hall–Kier alpha value is -2.08. The lowest BCUT2D eigenvalue weighted by Gasteiger charge is -2.15. The van der Waals surface area contributed by atoms with Gasteiger partial charge in [-0.1, -0.05) is 0 Å². The molecule has 0 fully saturated rings. The zero-order valence-electron chi connectivity index (χ0n) is 9.84. The Morgan fingerprint density at radius 3 is 3.11 bits per heavy atom. The van der Waals surface area contributed by atoms with Gasteiger partial charge in [0.1, 0.15) is 5.52 Å². The first-order valence-corrected chi connectivity index (χ1v) is 6.50. The van der Waals surface area contributed by atoms with Gasteiger partial charge in [-0.2, -0.15) is 5.10 Å². The van der Waals surface area contributed by atoms with Crippen LogP contribution in [-0.2, 0) is 0 Å². The molecular formula is C12H13N5S. The van der Waals surface area contributed by atoms with E-state index in [1.807, 2.05) is 23.8 Å². The first-order valence-electron chi connectivity index (χ1n) is 5.62. The van der Waals surface area contributed by atoms with Crippen LogP contribution in [0.5, 0.6) is 0 Å². The monoisotopic (exact) mass is 259 g/mol. The predicted molar refractivity (Wildman–Crippen MR) is 74.7 cm³/mol. The summed E-state index contributed by atoms with van der Waals surface area (Å²) in [7, 11) is 0. The Bertz CT molecular complexity index is 658. The van der Waals surface area contributed by atoms with E-state index in [1.54, 1.807) is 17.5 Å². The summed E-state index contributed by atoms with van der Waals surface area (Å²) in [5, 5.41) is 10.1. The molecule has 1 aromatic carbocycles. The minimum atomic E-state index is 0.141. The zero-order chi connectivity index (χ0) is 12.5. The fourth-order valence-electron chi connectivity index (χ4n) is 1.89. The molecule has 6 heteroatoms. The van der Waals surface area contributed by atoms with Crippen LogP contribution < -0.4 is 11.1 Å². The minimum absolute atomic E-state index is 0.141. The van der Waals surface area contributed by atoms with E-state index in [4.69, 9.17) is 5.73 Å². The number of hydrogen-bond acceptors (Lipinski definition) is 5. The maximum atomic E-state index is 6.12. The smallest absolute Gasteiger partial charge is 0.106 e. The molecule has 3 rings (SSSR count). The van der Waals surface area contributed by atoms with Gasteiger partial charge in [0, 0.05) is 11.8 Å². The first-order chi connectivity index (χ1) is 8.75. The van der Waals surface area contributed by atoms with E-state index in [0.717, 1.165) is 21.5 Å². The van der Waals surface area contributed by atoms with Crippen LogP contribution in [0.1, 0.15) is 18.5 Å². The molecule has 1 unspecified atom stereocenters. The van der Waals surface area contributed by atoms with Crippen molar-refractivity contribution in [1.29, 1.82) is 0 Å². The highest BCUT2D eigenvalue weighted by Crippen LogP contribution is 2.31. The van der Waals surface area contributed by atoms with E-state index in [0.29, 0.717) is 5.69 Å². The van der Waals surface area contributed by atoms with Crippen LogP contribution in [0, 0.1) is 0 Å². The summed E-state index contributed by atoms with van der Waals surface area (Å²) < 4.78 is 1.11. The molecule has 1 atom stereocenters. The molecule has 2 aromatic heterocycles. The average molecular weight is 259 g/mol. The van der Waals surface area contributed by atoms with Crippen molar-refractivity contribution in [3.05, 3.63) is 35.6 Å². The Morgan fingerprint density at radius 1 is 1.44 bits per heavy atom. The second kappa shape index (κ2) is 4.30. The summed E-state index contributed by atoms with van der Waals surface area (Å²) in [6, 6.07) is 4.17. The van der Waals surface area contributed by atoms with Gasteiger partial charge in [0.15, 0.2) is 0 Å². The third-order valence-corrected chi connectivity index (χ3v) is 3.73. The number of aromatic nitrogens is 3. The molecule has 0 aliphatic heterocycles. The van der Waals surface area contributed by atoms with Crippen molar-refractivity contribution < 1.29 is 0 Å². The molecule has 0 amide bonds. The zero-order valence-corrected chi connectivity index (χ0v) is 10.7. The Kier molecular flexibility index (Phi) is 2.64. The van der Waals surface area contributed by atoms with Crippen molar-refractivity contribution in [3.8, 4) is 0 Å². The van der Waals surface area contributed by atoms with Crippen molar-refractivity contribution in [2.75, 3.05) is 11.1 Å². The normalized spacial score (nSPS) is 12.7. The van der Waals surface area contributed by atoms with E-state index in [-0.39, 0.29) is 6.04 Å². The fourth-order valence-corrected chi connectivity index (χ4v) is 2.58. The van der Waals surface area contributed by atoms with Crippen LogP contribution in [0.3, 0.4) is 0 Å². The predicted octanol–water partition coefficient (Wildman–Crippen LogP) is 2.77. The number of H-pyrrole nitrogens is 1. The standard InChI is InChI=1S/C12H13N5S/c1-7(8-4-15-16-5-8)17-9-2-3-10-12(11(9)13)14-6-18-10/h2-7,17H,13H2,1H3,(H,15,16). The highest BCUT2D eigenvalue weighted by molar-refractivity contribution is 7.16. The van der Waals surface area contributed by atoms with E-state index < -0.39 is 0 Å². The Morgan fingerprint density at radius 2 is 2.33 bits per heavy atom. The quantitative estimate of drug-likeness (QED) is 0.632. The number of aromatic amines is 1. The molecular weight excluding hydrogens is 246 g/mol. The second-order valence-electron chi connectivity index (χ2n) is 4.12. The number of benzene rings is 1. The molecule has 2 heterocycles. The fraction of sp³-hybridized carbons (Fsp3) is 0.167. The number of thiazole rings is 1. The van der Waals surface area contributed by atoms with Gasteiger partial charge in [0.2, 0.25) is 0 Å². The largest absolute Gasteiger partial charge is 0.395 e. The summed E-state index contributed by atoms with van der Waals surface area (Å²) in [5.41, 5.74) is 11.5. The van der Waals surface area contributed by atoms with Crippen LogP contribution in [0.4, 0.5) is 11.4 Å². The third kappa shape index (κ3) is 1.80. The van der Waals surface area contributed by atoms with Crippen molar-refractivity contribution in [3.63, 3.8) is 0 Å². The van der Waals surface area contributed by atoms with Crippen LogP contribution in [0.2, 0.25) is 0 Å². The average Bonchev–Trinajstić information content (AvgIpc) is 3.02. The molecule has 3 aromatic rings. The summed E-state index contributed by atoms with van der Waals surface area (Å²) in [6.45, 7) is 2.07. The highest BCUT2D eigenvalue weighted by atomic mass is 32.1. The summed E-state index contributed by atoms with van der Waals surface area (Å²) in [5.74, 6) is 0. The van der Waals surface area contributed by atoms with Crippen molar-refractivity contribution in [2.45, 2.75) is 13.0 Å². The van der Waals surface area contributed by atoms with Gasteiger partial charge in [-0.05, 0) is 19.1 Å².